The van der Waals surface area contributed by atoms with Gasteiger partial charge in [0.25, 0.3) is 0 Å². The Labute approximate surface area is 117 Å². The minimum Gasteiger partial charge on any atom is -0.366 e. The van der Waals surface area contributed by atoms with Gasteiger partial charge in [-0.25, -0.2) is 4.98 Å². The Kier molecular flexibility index (Phi) is 3.40. The van der Waals surface area contributed by atoms with E-state index in [1.54, 1.807) is 0 Å². The number of rotatable bonds is 4. The van der Waals surface area contributed by atoms with Crippen LogP contribution in [0.4, 0.5) is 5.82 Å². The maximum absolute atomic E-state index is 5.95. The molecule has 0 unspecified atom stereocenters. The Morgan fingerprint density at radius 3 is 2.79 bits per heavy atom. The van der Waals surface area contributed by atoms with E-state index in [4.69, 9.17) is 17.3 Å². The molecule has 98 valence electrons. The Bertz CT molecular complexity index is 568. The zero-order chi connectivity index (χ0) is 13.2. The summed E-state index contributed by atoms with van der Waals surface area (Å²) in [4.78, 5) is 4.41. The van der Waals surface area contributed by atoms with Crippen molar-refractivity contribution in [3.8, 4) is 0 Å². The molecule has 0 bridgehead atoms. The predicted octanol–water partition coefficient (Wildman–Crippen LogP) is 3.16. The van der Waals surface area contributed by atoms with Crippen LogP contribution in [-0.2, 0) is 6.54 Å². The van der Waals surface area contributed by atoms with Crippen LogP contribution in [0.1, 0.15) is 23.5 Å². The fraction of sp³-hybridized carbons (Fsp3) is 0.267. The SMILES string of the molecule is N[C@@H]1C[C@H]1c1ccc(NCc2cccc(Cl)c2)nc1. The monoisotopic (exact) mass is 273 g/mol. The molecular weight excluding hydrogens is 258 g/mol. The predicted molar refractivity (Wildman–Crippen MR) is 78.3 cm³/mol. The molecule has 0 radical (unpaired) electrons. The minimum atomic E-state index is 0.326. The van der Waals surface area contributed by atoms with Gasteiger partial charge in [-0.2, -0.15) is 0 Å². The number of anilines is 1. The molecule has 1 aromatic carbocycles. The van der Waals surface area contributed by atoms with Crippen LogP contribution in [0.2, 0.25) is 5.02 Å². The summed E-state index contributed by atoms with van der Waals surface area (Å²) in [5.74, 6) is 1.38. The van der Waals surface area contributed by atoms with Crippen LogP contribution in [0, 0.1) is 0 Å². The van der Waals surface area contributed by atoms with E-state index in [2.05, 4.69) is 16.4 Å². The normalized spacial score (nSPS) is 21.2. The summed E-state index contributed by atoms with van der Waals surface area (Å²) < 4.78 is 0. The van der Waals surface area contributed by atoms with Gasteiger partial charge in [-0.05, 0) is 35.7 Å². The summed E-state index contributed by atoms with van der Waals surface area (Å²) in [5, 5.41) is 4.04. The number of benzene rings is 1. The fourth-order valence-corrected chi connectivity index (χ4v) is 2.38. The molecule has 19 heavy (non-hydrogen) atoms. The van der Waals surface area contributed by atoms with E-state index in [-0.39, 0.29) is 0 Å². The van der Waals surface area contributed by atoms with Crippen molar-refractivity contribution in [2.75, 3.05) is 5.32 Å². The lowest BCUT2D eigenvalue weighted by Crippen LogP contribution is -2.03. The fourth-order valence-electron chi connectivity index (χ4n) is 2.17. The second-order valence-corrected chi connectivity index (χ2v) is 5.40. The second kappa shape index (κ2) is 5.19. The lowest BCUT2D eigenvalue weighted by atomic mass is 10.2. The summed E-state index contributed by atoms with van der Waals surface area (Å²) >= 11 is 5.95. The van der Waals surface area contributed by atoms with E-state index >= 15 is 0 Å². The second-order valence-electron chi connectivity index (χ2n) is 4.97. The quantitative estimate of drug-likeness (QED) is 0.900. The maximum Gasteiger partial charge on any atom is 0.126 e. The van der Waals surface area contributed by atoms with E-state index in [1.165, 1.54) is 5.56 Å². The maximum atomic E-state index is 5.95. The number of pyridine rings is 1. The first-order valence-corrected chi connectivity index (χ1v) is 6.80. The highest BCUT2D eigenvalue weighted by Gasteiger charge is 2.34. The summed E-state index contributed by atoms with van der Waals surface area (Å²) in [6.07, 6.45) is 2.99. The van der Waals surface area contributed by atoms with Crippen molar-refractivity contribution in [2.45, 2.75) is 24.9 Å². The molecule has 1 fully saturated rings. The third kappa shape index (κ3) is 3.06. The third-order valence-corrected chi connectivity index (χ3v) is 3.65. The van der Waals surface area contributed by atoms with Crippen LogP contribution in [0.25, 0.3) is 0 Å². The molecule has 0 saturated heterocycles. The minimum absolute atomic E-state index is 0.326. The van der Waals surface area contributed by atoms with Gasteiger partial charge in [0.1, 0.15) is 5.82 Å². The largest absolute Gasteiger partial charge is 0.366 e. The number of nitrogens with one attached hydrogen (secondary N) is 1. The van der Waals surface area contributed by atoms with Crippen molar-refractivity contribution in [3.63, 3.8) is 0 Å². The lowest BCUT2D eigenvalue weighted by molar-refractivity contribution is 0.978. The first-order valence-electron chi connectivity index (χ1n) is 6.42. The van der Waals surface area contributed by atoms with E-state index in [9.17, 15) is 0 Å². The van der Waals surface area contributed by atoms with Crippen molar-refractivity contribution in [3.05, 3.63) is 58.7 Å². The van der Waals surface area contributed by atoms with Crippen molar-refractivity contribution in [1.82, 2.24) is 4.98 Å². The Hall–Kier alpha value is -1.58. The molecule has 1 saturated carbocycles. The molecule has 4 heteroatoms. The highest BCUT2D eigenvalue weighted by Crippen LogP contribution is 2.38. The molecule has 1 aromatic heterocycles. The Morgan fingerprint density at radius 1 is 1.32 bits per heavy atom. The van der Waals surface area contributed by atoms with E-state index in [0.29, 0.717) is 12.0 Å². The van der Waals surface area contributed by atoms with E-state index < -0.39 is 0 Å². The molecule has 3 rings (SSSR count). The molecule has 3 N–H and O–H groups in total. The van der Waals surface area contributed by atoms with Gasteiger partial charge in [0, 0.05) is 29.7 Å². The van der Waals surface area contributed by atoms with E-state index in [1.807, 2.05) is 36.5 Å². The average molecular weight is 274 g/mol. The van der Waals surface area contributed by atoms with Gasteiger partial charge < -0.3 is 11.1 Å². The zero-order valence-electron chi connectivity index (χ0n) is 10.5. The van der Waals surface area contributed by atoms with Crippen molar-refractivity contribution in [1.29, 1.82) is 0 Å². The summed E-state index contributed by atoms with van der Waals surface area (Å²) in [5.41, 5.74) is 8.21. The van der Waals surface area contributed by atoms with E-state index in [0.717, 1.165) is 29.4 Å². The van der Waals surface area contributed by atoms with Gasteiger partial charge in [0.05, 0.1) is 0 Å². The van der Waals surface area contributed by atoms with Crippen LogP contribution < -0.4 is 11.1 Å². The number of halogens is 1. The standard InChI is InChI=1S/C15H16ClN3/c16-12-3-1-2-10(6-12)8-18-15-5-4-11(9-19-15)13-7-14(13)17/h1-6,9,13-14H,7-8,17H2,(H,18,19)/t13-,14+/m0/s1. The zero-order valence-corrected chi connectivity index (χ0v) is 11.3. The number of aromatic nitrogens is 1. The first kappa shape index (κ1) is 12.5. The lowest BCUT2D eigenvalue weighted by Gasteiger charge is -2.07. The number of hydrogen-bond acceptors (Lipinski definition) is 3. The Balaban J connectivity index is 1.61. The highest BCUT2D eigenvalue weighted by atomic mass is 35.5. The molecule has 1 heterocycles. The third-order valence-electron chi connectivity index (χ3n) is 3.42. The van der Waals surface area contributed by atoms with Gasteiger partial charge in [-0.15, -0.1) is 0 Å². The van der Waals surface area contributed by atoms with Gasteiger partial charge in [-0.3, -0.25) is 0 Å². The topological polar surface area (TPSA) is 50.9 Å². The molecule has 0 spiro atoms. The smallest absolute Gasteiger partial charge is 0.126 e. The molecular formula is C15H16ClN3. The van der Waals surface area contributed by atoms with Crippen LogP contribution in [0.5, 0.6) is 0 Å². The van der Waals surface area contributed by atoms with Crippen molar-refractivity contribution < 1.29 is 0 Å². The van der Waals surface area contributed by atoms with Crippen LogP contribution in [0.3, 0.4) is 0 Å². The van der Waals surface area contributed by atoms with Crippen molar-refractivity contribution in [2.24, 2.45) is 5.73 Å². The summed E-state index contributed by atoms with van der Waals surface area (Å²) in [6, 6.07) is 12.2. The number of hydrogen-bond donors (Lipinski definition) is 2. The van der Waals surface area contributed by atoms with Crippen molar-refractivity contribution >= 4 is 17.4 Å². The molecule has 2 aromatic rings. The molecule has 0 amide bonds. The molecule has 0 aliphatic heterocycles. The molecule has 1 aliphatic carbocycles. The molecule has 1 aliphatic rings. The van der Waals surface area contributed by atoms with Crippen LogP contribution in [0.15, 0.2) is 42.6 Å². The molecule has 3 nitrogen and oxygen atoms in total. The number of nitrogens with zero attached hydrogens (tertiary/aromatic N) is 1. The molecule has 2 atom stereocenters. The highest BCUT2D eigenvalue weighted by molar-refractivity contribution is 6.30. The summed E-state index contributed by atoms with van der Waals surface area (Å²) in [7, 11) is 0. The van der Waals surface area contributed by atoms with Gasteiger partial charge in [0.2, 0.25) is 0 Å². The van der Waals surface area contributed by atoms with Gasteiger partial charge in [-0.1, -0.05) is 29.8 Å². The Morgan fingerprint density at radius 2 is 2.16 bits per heavy atom. The number of nitrogens with two attached hydrogens (primary N) is 1. The average Bonchev–Trinajstić information content (AvgIpc) is 3.14. The van der Waals surface area contributed by atoms with Crippen LogP contribution in [-0.4, -0.2) is 11.0 Å². The summed E-state index contributed by atoms with van der Waals surface area (Å²) in [6.45, 7) is 0.718. The van der Waals surface area contributed by atoms with Gasteiger partial charge >= 0.3 is 0 Å². The first-order chi connectivity index (χ1) is 9.22. The van der Waals surface area contributed by atoms with Gasteiger partial charge in [0.15, 0.2) is 0 Å². The van der Waals surface area contributed by atoms with Crippen LogP contribution >= 0.6 is 11.6 Å².